The number of H-pyrrole nitrogens is 5. The summed E-state index contributed by atoms with van der Waals surface area (Å²) in [5, 5.41) is 27.8. The normalized spacial score (nSPS) is 15.8. The van der Waals surface area contributed by atoms with Gasteiger partial charge in [0, 0.05) is 91.6 Å². The molecule has 23 N–H and O–H groups in total. The Balaban J connectivity index is 1.38. The first-order chi connectivity index (χ1) is 48.3. The first-order valence-electron chi connectivity index (χ1n) is 34.7. The number of hydrogen-bond donors (Lipinski definition) is 19. The smallest absolute Gasteiger partial charge is 0.243 e. The number of nitrogens with one attached hydrogen (secondary N) is 15. The molecule has 556 valence electrons. The Hall–Kier alpha value is -9.90. The molecule has 11 amide bonds. The van der Waals surface area contributed by atoms with Crippen molar-refractivity contribution < 1.29 is 52.7 Å². The second-order valence-corrected chi connectivity index (χ2v) is 25.8. The van der Waals surface area contributed by atoms with Crippen LogP contribution in [0.15, 0.2) is 62.6 Å². The molecule has 0 saturated heterocycles. The van der Waals surface area contributed by atoms with Crippen LogP contribution in [0.3, 0.4) is 0 Å². The fraction of sp³-hybridized carbons (Fsp3) is 0.606. The molecule has 101 heavy (non-hydrogen) atoms. The van der Waals surface area contributed by atoms with E-state index in [1.54, 1.807) is 41.5 Å². The van der Waals surface area contributed by atoms with E-state index in [4.69, 9.17) is 22.9 Å². The number of primary amides is 1. The molecule has 35 nitrogen and oxygen atoms in total. The molecule has 0 radical (unpaired) electrons. The van der Waals surface area contributed by atoms with E-state index in [1.165, 1.54) is 62.6 Å². The molecule has 5 aromatic heterocycles. The minimum atomic E-state index is -1.48. The number of hydrogen-bond acceptors (Lipinski definition) is 19. The number of nitrogens with zero attached hydrogens (tertiary/aromatic N) is 5. The molecule has 0 saturated carbocycles. The van der Waals surface area contributed by atoms with Gasteiger partial charge in [-0.25, -0.2) is 24.9 Å². The zero-order valence-corrected chi connectivity index (χ0v) is 59.0. The van der Waals surface area contributed by atoms with Crippen molar-refractivity contribution in [2.75, 3.05) is 13.1 Å². The predicted molar refractivity (Wildman–Crippen MR) is 372 cm³/mol. The third-order valence-electron chi connectivity index (χ3n) is 18.1. The van der Waals surface area contributed by atoms with Gasteiger partial charge in [-0.3, -0.25) is 52.7 Å². The molecule has 5 rings (SSSR count). The highest BCUT2D eigenvalue weighted by Gasteiger charge is 2.40. The van der Waals surface area contributed by atoms with E-state index in [0.29, 0.717) is 86.4 Å². The van der Waals surface area contributed by atoms with Crippen molar-refractivity contribution in [3.63, 3.8) is 0 Å². The number of carbonyl (C=O) groups excluding carboxylic acids is 11. The summed E-state index contributed by atoms with van der Waals surface area (Å²) in [5.74, 6) is -10.4. The van der Waals surface area contributed by atoms with Crippen molar-refractivity contribution in [2.24, 2.45) is 46.6 Å². The Labute approximate surface area is 587 Å². The van der Waals surface area contributed by atoms with Crippen molar-refractivity contribution >= 4 is 65.0 Å². The Morgan fingerprint density at radius 1 is 0.337 bits per heavy atom. The number of rotatable bonds is 47. The molecule has 0 aliphatic rings. The maximum Gasteiger partial charge on any atom is 0.243 e. The van der Waals surface area contributed by atoms with E-state index in [9.17, 15) is 52.7 Å². The summed E-state index contributed by atoms with van der Waals surface area (Å²) < 4.78 is 0. The van der Waals surface area contributed by atoms with Crippen molar-refractivity contribution in [1.29, 1.82) is 0 Å². The van der Waals surface area contributed by atoms with E-state index in [1.807, 2.05) is 13.8 Å². The van der Waals surface area contributed by atoms with Crippen LogP contribution in [0.25, 0.3) is 0 Å². The maximum atomic E-state index is 14.9. The van der Waals surface area contributed by atoms with Crippen LogP contribution >= 0.6 is 0 Å². The predicted octanol–water partition coefficient (Wildman–Crippen LogP) is -2.08. The monoisotopic (exact) mass is 1410 g/mol. The summed E-state index contributed by atoms with van der Waals surface area (Å²) in [4.78, 5) is 192. The lowest BCUT2D eigenvalue weighted by molar-refractivity contribution is -0.137. The van der Waals surface area contributed by atoms with E-state index in [0.717, 1.165) is 0 Å². The third kappa shape index (κ3) is 26.3. The highest BCUT2D eigenvalue weighted by molar-refractivity contribution is 5.99. The number of carbonyl (C=O) groups is 11. The Morgan fingerprint density at radius 3 is 0.851 bits per heavy atom. The van der Waals surface area contributed by atoms with Gasteiger partial charge in [-0.2, -0.15) is 0 Å². The fourth-order valence-electron chi connectivity index (χ4n) is 11.0. The summed E-state index contributed by atoms with van der Waals surface area (Å²) >= 11 is 0. The molecule has 0 fully saturated rings. The number of imidazole rings is 5. The first kappa shape index (κ1) is 81.8. The second-order valence-electron chi connectivity index (χ2n) is 25.8. The highest BCUT2D eigenvalue weighted by atomic mass is 16.2. The van der Waals surface area contributed by atoms with E-state index < -0.39 is 155 Å². The largest absolute Gasteiger partial charge is 0.368 e. The Kier molecular flexibility index (Phi) is 34.2. The van der Waals surface area contributed by atoms with Gasteiger partial charge in [-0.05, 0) is 75.3 Å². The molecule has 15 atom stereocenters. The molecule has 0 unspecified atom stereocenters. The van der Waals surface area contributed by atoms with Crippen LogP contribution in [0, 0.1) is 23.7 Å². The molecular weight excluding hydrogens is 1300 g/mol. The van der Waals surface area contributed by atoms with Crippen molar-refractivity contribution in [3.05, 3.63) is 91.1 Å². The Morgan fingerprint density at radius 2 is 0.574 bits per heavy atom. The van der Waals surface area contributed by atoms with E-state index in [2.05, 4.69) is 103 Å². The van der Waals surface area contributed by atoms with Crippen LogP contribution in [-0.4, -0.2) is 194 Å². The van der Waals surface area contributed by atoms with Crippen LogP contribution in [0.2, 0.25) is 0 Å². The minimum absolute atomic E-state index is 0.0640. The fourth-order valence-corrected chi connectivity index (χ4v) is 11.0. The van der Waals surface area contributed by atoms with Gasteiger partial charge in [0.2, 0.25) is 65.0 Å². The van der Waals surface area contributed by atoms with Gasteiger partial charge in [0.15, 0.2) is 0 Å². The van der Waals surface area contributed by atoms with Gasteiger partial charge in [0.05, 0.1) is 37.7 Å². The van der Waals surface area contributed by atoms with Crippen LogP contribution in [0.4, 0.5) is 0 Å². The van der Waals surface area contributed by atoms with E-state index >= 15 is 0 Å². The van der Waals surface area contributed by atoms with Crippen LogP contribution in [0.1, 0.15) is 148 Å². The van der Waals surface area contributed by atoms with Gasteiger partial charge in [-0.15, -0.1) is 0 Å². The molecule has 0 spiro atoms. The van der Waals surface area contributed by atoms with Gasteiger partial charge in [-0.1, -0.05) is 81.1 Å². The first-order valence-corrected chi connectivity index (χ1v) is 34.7. The molecular formula is C66H106N24O11. The average Bonchev–Trinajstić information content (AvgIpc) is 1.13. The molecule has 35 heteroatoms. The molecule has 0 aromatic carbocycles. The number of aromatic nitrogens is 10. The summed E-state index contributed by atoms with van der Waals surface area (Å²) in [5.41, 5.74) is 25.7. The van der Waals surface area contributed by atoms with Gasteiger partial charge < -0.3 is 101 Å². The minimum Gasteiger partial charge on any atom is -0.368 e. The van der Waals surface area contributed by atoms with Crippen molar-refractivity contribution in [3.8, 4) is 0 Å². The standard InChI is InChI=1S/C66H106N24O11/c1-9-36(5)52(63(98)81-46(56(70)91)17-13-15-19-67)89-65(100)54(38(7)11-3)87-58(93)47(18-14-16-20-68)82-64(99)53(37(6)10-2)90-66(101)55(39(8)12-4)88-62(97)51(25-44-30-75-35-80-44)86-61(96)50(24-43-29-74-34-79-43)85-60(95)49(23-42-28-73-33-78-42)84-59(94)48(22-41-27-72-32-77-41)83-57(92)45(69)21-40-26-71-31-76-40/h26-39,45-55H,9-25,67-69H2,1-8H3,(H2,70,91)(H,71,76)(H,72,77)(H,73,78)(H,74,79)(H,75,80)(H,81,98)(H,82,99)(H,83,92)(H,84,94)(H,85,95)(H,86,96)(H,87,93)(H,88,97)(H,89,100)(H,90,101)/t36-,37-,38-,39-,45-,46-,47-,48-,49-,50-,51-,52-,53-,54-,55-/m0/s1. The number of nitrogens with two attached hydrogens (primary N) is 4. The van der Waals surface area contributed by atoms with E-state index in [-0.39, 0.29) is 51.5 Å². The zero-order valence-electron chi connectivity index (χ0n) is 59.0. The summed E-state index contributed by atoms with van der Waals surface area (Å²) in [6.07, 6.45) is 17.4. The average molecular weight is 1410 g/mol. The second kappa shape index (κ2) is 42.3. The molecule has 5 aromatic rings. The van der Waals surface area contributed by atoms with Gasteiger partial charge in [0.1, 0.15) is 60.4 Å². The zero-order chi connectivity index (χ0) is 74.1. The lowest BCUT2D eigenvalue weighted by Gasteiger charge is -2.32. The maximum absolute atomic E-state index is 14.9. The van der Waals surface area contributed by atoms with Crippen LogP contribution in [-0.2, 0) is 84.8 Å². The van der Waals surface area contributed by atoms with Crippen molar-refractivity contribution in [2.45, 2.75) is 218 Å². The van der Waals surface area contributed by atoms with Crippen LogP contribution < -0.4 is 76.1 Å². The SMILES string of the molecule is CC[C@H](C)[C@H](NC(=O)[C@H](CCCCN)NC(=O)[C@@H](NC(=O)[C@@H](NC(=O)[C@H](Cc1cnc[nH]1)NC(=O)[C@H](Cc1cnc[nH]1)NC(=O)[C@H](Cc1cnc[nH]1)NC(=O)[C@H](Cc1cnc[nH]1)NC(=O)[C@@H](N)Cc1cnc[nH]1)[C@@H](C)CC)[C@@H](C)CC)C(=O)N[C@H](C(=O)N[C@@H](CCCCN)C(N)=O)[C@@H](C)CC. The van der Waals surface area contributed by atoms with Crippen molar-refractivity contribution in [1.82, 2.24) is 103 Å². The van der Waals surface area contributed by atoms with Gasteiger partial charge in [0.25, 0.3) is 0 Å². The molecule has 0 aliphatic heterocycles. The highest BCUT2D eigenvalue weighted by Crippen LogP contribution is 2.18. The lowest BCUT2D eigenvalue weighted by atomic mass is 9.93. The number of amides is 11. The number of unbranched alkanes of at least 4 members (excludes halogenated alkanes) is 2. The quantitative estimate of drug-likeness (QED) is 0.0186. The lowest BCUT2D eigenvalue weighted by Crippen LogP contribution is -2.63. The summed E-state index contributed by atoms with van der Waals surface area (Å²) in [6.45, 7) is 14.9. The summed E-state index contributed by atoms with van der Waals surface area (Å²) in [6, 6.07) is -14.0. The third-order valence-corrected chi connectivity index (χ3v) is 18.1. The Bertz CT molecular complexity index is 3350. The molecule has 0 bridgehead atoms. The molecule has 0 aliphatic carbocycles. The number of aromatic amines is 5. The van der Waals surface area contributed by atoms with Crippen LogP contribution in [0.5, 0.6) is 0 Å². The summed E-state index contributed by atoms with van der Waals surface area (Å²) in [7, 11) is 0. The van der Waals surface area contributed by atoms with Gasteiger partial charge >= 0.3 is 0 Å². The topological polar surface area (TPSA) is 556 Å². The molecule has 5 heterocycles.